The van der Waals surface area contributed by atoms with Crippen LogP contribution in [0, 0.1) is 0 Å². The van der Waals surface area contributed by atoms with E-state index < -0.39 is 0 Å². The van der Waals surface area contributed by atoms with Gasteiger partial charge in [0, 0.05) is 37.1 Å². The van der Waals surface area contributed by atoms with E-state index in [9.17, 15) is 4.79 Å². The van der Waals surface area contributed by atoms with Crippen molar-refractivity contribution >= 4 is 11.9 Å². The van der Waals surface area contributed by atoms with Crippen molar-refractivity contribution in [3.8, 4) is 17.3 Å². The Bertz CT molecular complexity index is 971. The van der Waals surface area contributed by atoms with E-state index in [1.54, 1.807) is 24.5 Å². The maximum atomic E-state index is 12.4. The maximum Gasteiger partial charge on any atom is 0.321 e. The molecule has 1 fully saturated rings. The Kier molecular flexibility index (Phi) is 5.59. The number of ether oxygens (including phenoxy) is 1. The molecule has 0 atom stereocenters. The van der Waals surface area contributed by atoms with Crippen LogP contribution in [0.4, 0.5) is 5.95 Å². The zero-order valence-electron chi connectivity index (χ0n) is 16.0. The lowest BCUT2D eigenvalue weighted by Gasteiger charge is -2.26. The summed E-state index contributed by atoms with van der Waals surface area (Å²) in [6, 6.07) is 5.41. The average molecular weight is 395 g/mol. The molecule has 1 aliphatic rings. The number of hydrogen-bond acceptors (Lipinski definition) is 9. The van der Waals surface area contributed by atoms with Crippen molar-refractivity contribution in [3.05, 3.63) is 42.1 Å². The van der Waals surface area contributed by atoms with Crippen LogP contribution in [-0.4, -0.2) is 51.2 Å². The summed E-state index contributed by atoms with van der Waals surface area (Å²) in [7, 11) is 1.51. The molecular weight excluding hydrogens is 374 g/mol. The number of pyridine rings is 1. The van der Waals surface area contributed by atoms with Gasteiger partial charge in [0.05, 0.1) is 13.7 Å². The van der Waals surface area contributed by atoms with Crippen LogP contribution in [-0.2, 0) is 6.54 Å². The summed E-state index contributed by atoms with van der Waals surface area (Å²) in [6.07, 6.45) is 6.72. The van der Waals surface area contributed by atoms with Gasteiger partial charge in [-0.15, -0.1) is 0 Å². The zero-order valence-corrected chi connectivity index (χ0v) is 16.0. The van der Waals surface area contributed by atoms with Gasteiger partial charge in [0.2, 0.25) is 5.95 Å². The number of nitrogens with one attached hydrogen (secondary N) is 1. The molecule has 10 nitrogen and oxygen atoms in total. The van der Waals surface area contributed by atoms with Crippen LogP contribution in [0.5, 0.6) is 6.01 Å². The Balaban J connectivity index is 1.44. The lowest BCUT2D eigenvalue weighted by atomic mass is 10.1. The van der Waals surface area contributed by atoms with Gasteiger partial charge < -0.3 is 19.5 Å². The molecule has 0 aromatic carbocycles. The molecular formula is C19H21N7O3. The number of nitrogens with zero attached hydrogens (tertiary/aromatic N) is 6. The summed E-state index contributed by atoms with van der Waals surface area (Å²) in [6.45, 7) is 1.91. The van der Waals surface area contributed by atoms with Gasteiger partial charge in [-0.2, -0.15) is 15.0 Å². The van der Waals surface area contributed by atoms with Crippen LogP contribution < -0.4 is 15.0 Å². The molecule has 4 heterocycles. The molecule has 0 spiro atoms. The molecule has 0 unspecified atom stereocenters. The van der Waals surface area contributed by atoms with E-state index in [1.165, 1.54) is 13.5 Å². The SMILES string of the molecule is COc1nc(CNC(=O)c2cc(-c3cccnc3)on2)nc(N2CCCCC2)n1. The molecule has 150 valence electrons. The topological polar surface area (TPSA) is 119 Å². The highest BCUT2D eigenvalue weighted by atomic mass is 16.5. The minimum Gasteiger partial charge on any atom is -0.467 e. The van der Waals surface area contributed by atoms with Crippen LogP contribution in [0.2, 0.25) is 0 Å². The summed E-state index contributed by atoms with van der Waals surface area (Å²) in [5.74, 6) is 1.07. The number of carbonyl (C=O) groups is 1. The molecule has 0 radical (unpaired) electrons. The first kappa shape index (κ1) is 18.8. The largest absolute Gasteiger partial charge is 0.467 e. The van der Waals surface area contributed by atoms with Crippen LogP contribution >= 0.6 is 0 Å². The van der Waals surface area contributed by atoms with Gasteiger partial charge in [-0.3, -0.25) is 9.78 Å². The van der Waals surface area contributed by atoms with E-state index in [1.807, 2.05) is 6.07 Å². The second kappa shape index (κ2) is 8.63. The number of piperidine rings is 1. The van der Waals surface area contributed by atoms with Gasteiger partial charge in [0.15, 0.2) is 17.3 Å². The molecule has 0 aliphatic carbocycles. The van der Waals surface area contributed by atoms with E-state index in [4.69, 9.17) is 9.26 Å². The van der Waals surface area contributed by atoms with Crippen LogP contribution in [0.25, 0.3) is 11.3 Å². The molecule has 3 aromatic heterocycles. The number of amides is 1. The fourth-order valence-corrected chi connectivity index (χ4v) is 3.07. The van der Waals surface area contributed by atoms with Crippen molar-refractivity contribution in [2.75, 3.05) is 25.1 Å². The van der Waals surface area contributed by atoms with Gasteiger partial charge in [-0.05, 0) is 31.4 Å². The van der Waals surface area contributed by atoms with E-state index in [-0.39, 0.29) is 24.2 Å². The standard InChI is InChI=1S/C19H21N7O3/c1-28-19-23-16(22-18(24-19)26-8-3-2-4-9-26)12-21-17(27)14-10-15(29-25-14)13-6-5-7-20-11-13/h5-7,10-11H,2-4,8-9,12H2,1H3,(H,21,27). The molecule has 4 rings (SSSR count). The lowest BCUT2D eigenvalue weighted by molar-refractivity contribution is 0.0940. The van der Waals surface area contributed by atoms with Crippen molar-refractivity contribution in [2.45, 2.75) is 25.8 Å². The summed E-state index contributed by atoms with van der Waals surface area (Å²) < 4.78 is 10.4. The predicted molar refractivity (Wildman–Crippen MR) is 103 cm³/mol. The molecule has 29 heavy (non-hydrogen) atoms. The molecule has 1 saturated heterocycles. The van der Waals surface area contributed by atoms with Gasteiger partial charge >= 0.3 is 6.01 Å². The average Bonchev–Trinajstić information content (AvgIpc) is 3.29. The lowest BCUT2D eigenvalue weighted by Crippen LogP contribution is -2.32. The van der Waals surface area contributed by atoms with E-state index in [0.29, 0.717) is 17.5 Å². The minimum absolute atomic E-state index is 0.119. The van der Waals surface area contributed by atoms with E-state index >= 15 is 0 Å². The Morgan fingerprint density at radius 1 is 1.24 bits per heavy atom. The van der Waals surface area contributed by atoms with Gasteiger partial charge in [0.1, 0.15) is 0 Å². The molecule has 0 saturated carbocycles. The Morgan fingerprint density at radius 3 is 2.86 bits per heavy atom. The van der Waals surface area contributed by atoms with Gasteiger partial charge in [-0.1, -0.05) is 5.16 Å². The number of methoxy groups -OCH3 is 1. The number of anilines is 1. The van der Waals surface area contributed by atoms with Crippen molar-refractivity contribution in [1.29, 1.82) is 0 Å². The highest BCUT2D eigenvalue weighted by Crippen LogP contribution is 2.19. The Labute approximate surface area is 167 Å². The second-order valence-corrected chi connectivity index (χ2v) is 6.59. The number of aromatic nitrogens is 5. The zero-order chi connectivity index (χ0) is 20.1. The van der Waals surface area contributed by atoms with Crippen LogP contribution in [0.15, 0.2) is 35.1 Å². The van der Waals surface area contributed by atoms with E-state index in [0.717, 1.165) is 31.5 Å². The maximum absolute atomic E-state index is 12.4. The Hall–Kier alpha value is -3.56. The minimum atomic E-state index is -0.386. The van der Waals surface area contributed by atoms with E-state index in [2.05, 4.69) is 35.3 Å². The summed E-state index contributed by atoms with van der Waals surface area (Å²) >= 11 is 0. The molecule has 0 bridgehead atoms. The highest BCUT2D eigenvalue weighted by molar-refractivity contribution is 5.92. The number of carbonyl (C=O) groups excluding carboxylic acids is 1. The smallest absolute Gasteiger partial charge is 0.321 e. The third kappa shape index (κ3) is 4.48. The van der Waals surface area contributed by atoms with Gasteiger partial charge in [-0.25, -0.2) is 0 Å². The highest BCUT2D eigenvalue weighted by Gasteiger charge is 2.18. The fourth-order valence-electron chi connectivity index (χ4n) is 3.07. The summed E-state index contributed by atoms with van der Waals surface area (Å²) in [5, 5.41) is 6.59. The van der Waals surface area contributed by atoms with Crippen LogP contribution in [0.1, 0.15) is 35.6 Å². The number of rotatable bonds is 6. The van der Waals surface area contributed by atoms with Gasteiger partial charge in [0.25, 0.3) is 5.91 Å². The molecule has 1 amide bonds. The quantitative estimate of drug-likeness (QED) is 0.667. The second-order valence-electron chi connectivity index (χ2n) is 6.59. The first-order valence-electron chi connectivity index (χ1n) is 9.42. The van der Waals surface area contributed by atoms with Crippen LogP contribution in [0.3, 0.4) is 0 Å². The molecule has 1 aliphatic heterocycles. The monoisotopic (exact) mass is 395 g/mol. The van der Waals surface area contributed by atoms with Crippen molar-refractivity contribution in [3.63, 3.8) is 0 Å². The normalized spacial score (nSPS) is 13.9. The van der Waals surface area contributed by atoms with Crippen molar-refractivity contribution in [2.24, 2.45) is 0 Å². The first-order chi connectivity index (χ1) is 14.2. The molecule has 3 aromatic rings. The predicted octanol–water partition coefficient (Wildman–Crippen LogP) is 1.85. The first-order valence-corrected chi connectivity index (χ1v) is 9.42. The Morgan fingerprint density at radius 2 is 2.10 bits per heavy atom. The summed E-state index contributed by atoms with van der Waals surface area (Å²) in [4.78, 5) is 31.6. The molecule has 1 N–H and O–H groups in total. The van der Waals surface area contributed by atoms with Crippen molar-refractivity contribution in [1.82, 2.24) is 30.4 Å². The number of hydrogen-bond donors (Lipinski definition) is 1. The summed E-state index contributed by atoms with van der Waals surface area (Å²) in [5.41, 5.74) is 0.911. The third-order valence-corrected chi connectivity index (χ3v) is 4.57. The third-order valence-electron chi connectivity index (χ3n) is 4.57. The van der Waals surface area contributed by atoms with Crippen molar-refractivity contribution < 1.29 is 14.1 Å². The molecule has 10 heteroatoms. The fraction of sp³-hybridized carbons (Fsp3) is 0.368.